The van der Waals surface area contributed by atoms with Crippen LogP contribution in [0, 0.1) is 11.8 Å². The number of fused-ring (bicyclic) bond motifs is 1. The Balaban J connectivity index is 1.35. The number of aliphatic hydroxyl groups is 1. The second kappa shape index (κ2) is 9.41. The lowest BCUT2D eigenvalue weighted by molar-refractivity contribution is -0.750. The zero-order valence-corrected chi connectivity index (χ0v) is 18.6. The van der Waals surface area contributed by atoms with Crippen LogP contribution in [0.25, 0.3) is 0 Å². The normalized spacial score (nSPS) is 25.6. The number of hydrogen-bond donors (Lipinski definition) is 3. The average molecular weight is 445 g/mol. The van der Waals surface area contributed by atoms with E-state index in [1.54, 1.807) is 6.20 Å². The van der Waals surface area contributed by atoms with Gasteiger partial charge in [-0.05, 0) is 49.1 Å². The van der Waals surface area contributed by atoms with E-state index < -0.39 is 0 Å². The Labute approximate surface area is 194 Å². The van der Waals surface area contributed by atoms with Gasteiger partial charge in [0.25, 0.3) is 5.84 Å². The number of aliphatic hydroxyl groups excluding tert-OH is 1. The van der Waals surface area contributed by atoms with Crippen LogP contribution in [0.2, 0.25) is 0 Å². The van der Waals surface area contributed by atoms with Gasteiger partial charge in [-0.25, -0.2) is 0 Å². The van der Waals surface area contributed by atoms with E-state index in [2.05, 4.69) is 22.4 Å². The van der Waals surface area contributed by atoms with Gasteiger partial charge < -0.3 is 15.2 Å². The third-order valence-electron chi connectivity index (χ3n) is 6.51. The van der Waals surface area contributed by atoms with Crippen molar-refractivity contribution in [1.82, 2.24) is 5.32 Å². The Morgan fingerprint density at radius 1 is 1.12 bits per heavy atom. The number of hydrogen-bond acceptors (Lipinski definition) is 6. The number of nitrogens with one attached hydrogen (secondary N) is 1. The molecule has 4 N–H and O–H groups in total. The minimum Gasteiger partial charge on any atom is -0.489 e. The fourth-order valence-corrected chi connectivity index (χ4v) is 4.68. The van der Waals surface area contributed by atoms with E-state index in [9.17, 15) is 0 Å². The highest BCUT2D eigenvalue weighted by molar-refractivity contribution is 6.00. The number of nitrogens with two attached hydrogens (primary N) is 1. The molecule has 1 unspecified atom stereocenters. The third kappa shape index (κ3) is 4.41. The average Bonchev–Trinajstić information content (AvgIpc) is 3.13. The van der Waals surface area contributed by atoms with Crippen LogP contribution in [-0.2, 0) is 6.61 Å². The fraction of sp³-hybridized carbons (Fsp3) is 0.308. The van der Waals surface area contributed by atoms with Crippen molar-refractivity contribution in [1.29, 1.82) is 0 Å². The molecule has 1 saturated carbocycles. The molecule has 2 aromatic carbocycles. The molecule has 1 aliphatic carbocycles. The maximum Gasteiger partial charge on any atom is 0.265 e. The van der Waals surface area contributed by atoms with Gasteiger partial charge in [0.1, 0.15) is 24.3 Å². The number of nitrogens with zero attached hydrogens (tertiary/aromatic N) is 3. The van der Waals surface area contributed by atoms with Crippen LogP contribution < -0.4 is 15.9 Å². The molecule has 0 spiro atoms. The molecule has 0 aromatic heterocycles. The summed E-state index contributed by atoms with van der Waals surface area (Å²) < 4.78 is 6.08. The Hall–Kier alpha value is -3.10. The standard InChI is InChI=1S/C26H30N5O2/c27-31-11-9-28-17-24(31)25(22-13-20(14-22)16-29-10-12-32)30-26(31)21-7-4-8-23(15-21)33-18-19-5-2-1-3-6-19/h1-9,11,15,17,20,22,29,32H,10,12-14,16,18,27H2/q+1. The highest BCUT2D eigenvalue weighted by Gasteiger charge is 2.48. The van der Waals surface area contributed by atoms with E-state index in [0.29, 0.717) is 25.0 Å². The summed E-state index contributed by atoms with van der Waals surface area (Å²) in [7, 11) is 0. The van der Waals surface area contributed by atoms with E-state index in [4.69, 9.17) is 20.7 Å². The van der Waals surface area contributed by atoms with E-state index >= 15 is 0 Å². The summed E-state index contributed by atoms with van der Waals surface area (Å²) in [5, 5.41) is 12.3. The van der Waals surface area contributed by atoms with Crippen molar-refractivity contribution in [3.63, 3.8) is 0 Å². The van der Waals surface area contributed by atoms with Crippen molar-refractivity contribution in [3.8, 4) is 5.75 Å². The minimum atomic E-state index is 0.0326. The van der Waals surface area contributed by atoms with Crippen LogP contribution in [0.1, 0.15) is 24.0 Å². The topological polar surface area (TPSA) is 92.2 Å². The number of allylic oxidation sites excluding steroid dienone is 2. The van der Waals surface area contributed by atoms with E-state index in [1.165, 1.54) is 0 Å². The molecular formula is C26H30N5O2+. The molecule has 1 fully saturated rings. The van der Waals surface area contributed by atoms with Crippen LogP contribution in [0.3, 0.4) is 0 Å². The van der Waals surface area contributed by atoms with E-state index in [0.717, 1.165) is 53.5 Å². The lowest BCUT2D eigenvalue weighted by Crippen LogP contribution is -2.53. The van der Waals surface area contributed by atoms with Crippen molar-refractivity contribution < 1.29 is 14.4 Å². The minimum absolute atomic E-state index is 0.0326. The van der Waals surface area contributed by atoms with Crippen LogP contribution in [-0.4, -0.2) is 41.4 Å². The van der Waals surface area contributed by atoms with Crippen molar-refractivity contribution in [2.24, 2.45) is 27.7 Å². The maximum absolute atomic E-state index is 8.97. The van der Waals surface area contributed by atoms with Gasteiger partial charge in [-0.2, -0.15) is 10.8 Å². The van der Waals surface area contributed by atoms with Crippen molar-refractivity contribution in [2.45, 2.75) is 19.4 Å². The summed E-state index contributed by atoms with van der Waals surface area (Å²) in [6.45, 7) is 2.24. The lowest BCUT2D eigenvalue weighted by Gasteiger charge is -2.35. The summed E-state index contributed by atoms with van der Waals surface area (Å²) in [6, 6.07) is 18.1. The van der Waals surface area contributed by atoms with E-state index in [-0.39, 0.29) is 11.2 Å². The second-order valence-electron chi connectivity index (χ2n) is 8.82. The molecule has 2 aliphatic heterocycles. The second-order valence-corrected chi connectivity index (χ2v) is 8.82. The largest absolute Gasteiger partial charge is 0.489 e. The molecular weight excluding hydrogens is 414 g/mol. The molecule has 1 atom stereocenters. The van der Waals surface area contributed by atoms with Crippen LogP contribution in [0.4, 0.5) is 0 Å². The molecule has 3 aliphatic rings. The Bertz CT molecular complexity index is 1120. The van der Waals surface area contributed by atoms with E-state index in [1.807, 2.05) is 54.9 Å². The molecule has 2 aromatic rings. The summed E-state index contributed by atoms with van der Waals surface area (Å²) in [6.07, 6.45) is 7.59. The summed E-state index contributed by atoms with van der Waals surface area (Å²) in [4.78, 5) is 9.42. The molecule has 5 rings (SSSR count). The lowest BCUT2D eigenvalue weighted by atomic mass is 9.73. The van der Waals surface area contributed by atoms with Gasteiger partial charge in [-0.3, -0.25) is 4.99 Å². The van der Waals surface area contributed by atoms with Gasteiger partial charge in [0.2, 0.25) is 5.70 Å². The highest BCUT2D eigenvalue weighted by atomic mass is 16.5. The van der Waals surface area contributed by atoms with Gasteiger partial charge in [-0.1, -0.05) is 36.4 Å². The first kappa shape index (κ1) is 21.7. The van der Waals surface area contributed by atoms with Crippen molar-refractivity contribution in [3.05, 3.63) is 89.5 Å². The molecule has 0 amide bonds. The first-order valence-electron chi connectivity index (χ1n) is 11.5. The molecule has 7 nitrogen and oxygen atoms in total. The summed E-state index contributed by atoms with van der Waals surface area (Å²) in [5.41, 5.74) is 4.04. The van der Waals surface area contributed by atoms with Gasteiger partial charge in [0, 0.05) is 12.5 Å². The van der Waals surface area contributed by atoms with Crippen LogP contribution >= 0.6 is 0 Å². The highest BCUT2D eigenvalue weighted by Crippen LogP contribution is 2.44. The Morgan fingerprint density at radius 2 is 1.97 bits per heavy atom. The van der Waals surface area contributed by atoms with Gasteiger partial charge >= 0.3 is 0 Å². The first-order chi connectivity index (χ1) is 16.2. The third-order valence-corrected chi connectivity index (χ3v) is 6.51. The molecule has 0 bridgehead atoms. The molecule has 2 heterocycles. The molecule has 0 saturated heterocycles. The van der Waals surface area contributed by atoms with Crippen molar-refractivity contribution >= 4 is 12.1 Å². The number of amidine groups is 1. The van der Waals surface area contributed by atoms with Gasteiger partial charge in [0.05, 0.1) is 24.6 Å². The predicted molar refractivity (Wildman–Crippen MR) is 129 cm³/mol. The number of ether oxygens (including phenoxy) is 1. The maximum atomic E-state index is 8.97. The summed E-state index contributed by atoms with van der Waals surface area (Å²) in [5.74, 6) is 9.42. The molecule has 7 heteroatoms. The molecule has 0 radical (unpaired) electrons. The molecule has 33 heavy (non-hydrogen) atoms. The SMILES string of the molecule is N[N+]12C=CN=CC1=C(C1CC(CNCCO)C1)N=C2c1cccc(OCc2ccccc2)c1. The van der Waals surface area contributed by atoms with Gasteiger partial charge in [-0.15, -0.1) is 4.59 Å². The quantitative estimate of drug-likeness (QED) is 0.315. The number of aliphatic imine (C=N–C) groups is 2. The Morgan fingerprint density at radius 3 is 2.79 bits per heavy atom. The smallest absolute Gasteiger partial charge is 0.265 e. The zero-order valence-electron chi connectivity index (χ0n) is 18.6. The van der Waals surface area contributed by atoms with Crippen LogP contribution in [0.15, 0.2) is 88.4 Å². The fourth-order valence-electron chi connectivity index (χ4n) is 4.68. The zero-order chi connectivity index (χ0) is 22.7. The first-order valence-corrected chi connectivity index (χ1v) is 11.5. The number of rotatable bonds is 9. The van der Waals surface area contributed by atoms with Gasteiger partial charge in [0.15, 0.2) is 0 Å². The van der Waals surface area contributed by atoms with Crippen LogP contribution in [0.5, 0.6) is 5.75 Å². The Kier molecular flexibility index (Phi) is 6.20. The summed E-state index contributed by atoms with van der Waals surface area (Å²) >= 11 is 0. The monoisotopic (exact) mass is 444 g/mol. The predicted octanol–water partition coefficient (Wildman–Crippen LogP) is 3.09. The number of benzene rings is 2. The number of quaternary nitrogens is 1. The van der Waals surface area contributed by atoms with Crippen molar-refractivity contribution in [2.75, 3.05) is 19.7 Å². The molecule has 170 valence electrons.